The van der Waals surface area contributed by atoms with E-state index in [-0.39, 0.29) is 28.3 Å². The average Bonchev–Trinajstić information content (AvgIpc) is 3.35. The zero-order chi connectivity index (χ0) is 28.0. The molecule has 0 spiro atoms. The maximum Gasteiger partial charge on any atom is 0.290 e. The number of nitrogens with one attached hydrogen (secondary N) is 1. The average molecular weight is 552 g/mol. The van der Waals surface area contributed by atoms with E-state index < -0.39 is 29.9 Å². The van der Waals surface area contributed by atoms with E-state index in [1.807, 2.05) is 12.1 Å². The van der Waals surface area contributed by atoms with E-state index in [0.717, 1.165) is 57.6 Å². The lowest BCUT2D eigenvalue weighted by Gasteiger charge is -2.28. The van der Waals surface area contributed by atoms with Gasteiger partial charge in [-0.3, -0.25) is 9.69 Å². The molecule has 3 N–H and O–H groups in total. The highest BCUT2D eigenvalue weighted by Gasteiger charge is 2.40. The highest BCUT2D eigenvalue weighted by Crippen LogP contribution is 2.38. The molecule has 0 radical (unpaired) electrons. The number of rotatable bonds is 5. The predicted molar refractivity (Wildman–Crippen MR) is 145 cm³/mol. The Balaban J connectivity index is 1.42. The first-order valence-corrected chi connectivity index (χ1v) is 13.8. The maximum absolute atomic E-state index is 15.3. The van der Waals surface area contributed by atoms with Crippen LogP contribution in [0.1, 0.15) is 65.6 Å². The van der Waals surface area contributed by atoms with Gasteiger partial charge in [0.25, 0.3) is 11.8 Å². The number of fused-ring (bicyclic) bond motifs is 1. The lowest BCUT2D eigenvalue weighted by Crippen LogP contribution is -2.41. The number of benzene rings is 2. The summed E-state index contributed by atoms with van der Waals surface area (Å²) in [6.07, 6.45) is 4.16. The fraction of sp³-hybridized carbons (Fsp3) is 0.433. The number of anilines is 1. The van der Waals surface area contributed by atoms with Crippen molar-refractivity contribution in [3.05, 3.63) is 64.6 Å². The Morgan fingerprint density at radius 2 is 1.82 bits per heavy atom. The van der Waals surface area contributed by atoms with Gasteiger partial charge in [-0.1, -0.05) is 18.2 Å². The van der Waals surface area contributed by atoms with E-state index in [1.165, 1.54) is 23.8 Å². The van der Waals surface area contributed by atoms with Crippen LogP contribution in [0.15, 0.2) is 36.4 Å². The Kier molecular flexibility index (Phi) is 7.00. The first-order valence-electron chi connectivity index (χ1n) is 13.8. The number of nitrogen functional groups attached to an aromatic ring is 1. The van der Waals surface area contributed by atoms with Crippen LogP contribution in [0, 0.1) is 5.95 Å². The standard InChI is InChI=1S/C30H32F3N5O2/c1-17-3-2-10-38(17)15-21-13-19(4-6-22(21)18-8-11-40-12-9-18)25-27(31)37-28(34)26(36-25)20-5-7-23-24(14-20)30(32,33)16-35-29(23)39/h4-7,13-14,17-18H,2-3,8-12,15-16H2,1H3,(H2,34,37)(H,35,39)/t17-/m1/s1. The van der Waals surface area contributed by atoms with E-state index in [2.05, 4.69) is 33.2 Å². The minimum atomic E-state index is -3.26. The molecule has 10 heteroatoms. The van der Waals surface area contributed by atoms with Crippen LogP contribution in [-0.2, 0) is 17.2 Å². The monoisotopic (exact) mass is 551 g/mol. The fourth-order valence-corrected chi connectivity index (χ4v) is 6.14. The Labute approximate surface area is 230 Å². The number of carbonyl (C=O) groups excluding carboxylic acids is 1. The normalized spacial score (nSPS) is 21.3. The number of nitrogens with zero attached hydrogens (tertiary/aromatic N) is 3. The molecule has 2 aromatic carbocycles. The Hall–Kier alpha value is -3.50. The Morgan fingerprint density at radius 3 is 2.58 bits per heavy atom. The van der Waals surface area contributed by atoms with Crippen LogP contribution >= 0.6 is 0 Å². The summed E-state index contributed by atoms with van der Waals surface area (Å²) in [5.74, 6) is -4.51. The molecule has 3 aliphatic heterocycles. The maximum atomic E-state index is 15.3. The van der Waals surface area contributed by atoms with Crippen LogP contribution in [0.2, 0.25) is 0 Å². The SMILES string of the molecule is C[C@@H]1CCCN1Cc1cc(-c2nc(-c3ccc4c(c3)C(F)(F)CNC4=O)c(N)nc2F)ccc1C1CCOCC1. The summed E-state index contributed by atoms with van der Waals surface area (Å²) in [7, 11) is 0. The topological polar surface area (TPSA) is 93.4 Å². The number of carbonyl (C=O) groups is 1. The van der Waals surface area contributed by atoms with Gasteiger partial charge in [-0.15, -0.1) is 0 Å². The number of nitrogens with two attached hydrogens (primary N) is 1. The van der Waals surface area contributed by atoms with Gasteiger partial charge in [0.05, 0.1) is 6.54 Å². The molecule has 1 amide bonds. The number of halogens is 3. The van der Waals surface area contributed by atoms with Crippen molar-refractivity contribution < 1.29 is 22.7 Å². The summed E-state index contributed by atoms with van der Waals surface area (Å²) in [6, 6.07) is 10.3. The molecule has 2 saturated heterocycles. The number of ether oxygens (including phenoxy) is 1. The van der Waals surface area contributed by atoms with Crippen molar-refractivity contribution in [1.29, 1.82) is 0 Å². The highest BCUT2D eigenvalue weighted by molar-refractivity contribution is 5.98. The van der Waals surface area contributed by atoms with Gasteiger partial charge in [-0.05, 0) is 74.4 Å². The quantitative estimate of drug-likeness (QED) is 0.450. The molecule has 0 unspecified atom stereocenters. The number of amides is 1. The molecule has 210 valence electrons. The fourth-order valence-electron chi connectivity index (χ4n) is 6.14. The van der Waals surface area contributed by atoms with Gasteiger partial charge >= 0.3 is 0 Å². The zero-order valence-corrected chi connectivity index (χ0v) is 22.4. The molecule has 6 rings (SSSR count). The molecular weight excluding hydrogens is 519 g/mol. The first kappa shape index (κ1) is 26.7. The van der Waals surface area contributed by atoms with Crippen molar-refractivity contribution in [3.63, 3.8) is 0 Å². The van der Waals surface area contributed by atoms with Gasteiger partial charge in [0.1, 0.15) is 11.4 Å². The van der Waals surface area contributed by atoms with Crippen LogP contribution in [0.25, 0.3) is 22.5 Å². The largest absolute Gasteiger partial charge is 0.382 e. The molecule has 4 heterocycles. The summed E-state index contributed by atoms with van der Waals surface area (Å²) < 4.78 is 50.2. The number of hydrogen-bond acceptors (Lipinski definition) is 6. The predicted octanol–water partition coefficient (Wildman–Crippen LogP) is 5.25. The number of alkyl halides is 2. The number of hydrogen-bond donors (Lipinski definition) is 2. The number of aromatic nitrogens is 2. The van der Waals surface area contributed by atoms with E-state index in [0.29, 0.717) is 17.5 Å². The minimum absolute atomic E-state index is 0.000622. The zero-order valence-electron chi connectivity index (χ0n) is 22.4. The summed E-state index contributed by atoms with van der Waals surface area (Å²) >= 11 is 0. The van der Waals surface area contributed by atoms with Crippen molar-refractivity contribution >= 4 is 11.7 Å². The van der Waals surface area contributed by atoms with Crippen molar-refractivity contribution in [3.8, 4) is 22.5 Å². The van der Waals surface area contributed by atoms with Gasteiger partial charge in [0, 0.05) is 48.1 Å². The summed E-state index contributed by atoms with van der Waals surface area (Å²) in [6.45, 7) is 4.63. The lowest BCUT2D eigenvalue weighted by atomic mass is 9.86. The lowest BCUT2D eigenvalue weighted by molar-refractivity contribution is -0.00833. The van der Waals surface area contributed by atoms with Crippen molar-refractivity contribution in [2.45, 2.75) is 57.0 Å². The molecular formula is C30H32F3N5O2. The second kappa shape index (κ2) is 10.5. The molecule has 2 fully saturated rings. The molecule has 1 atom stereocenters. The highest BCUT2D eigenvalue weighted by atomic mass is 19.3. The van der Waals surface area contributed by atoms with Crippen LogP contribution < -0.4 is 11.1 Å². The molecule has 0 bridgehead atoms. The summed E-state index contributed by atoms with van der Waals surface area (Å²) in [4.78, 5) is 23.0. The number of likely N-dealkylation sites (tertiary alicyclic amines) is 1. The Bertz CT molecular complexity index is 1460. The van der Waals surface area contributed by atoms with Crippen molar-refractivity contribution in [2.24, 2.45) is 0 Å². The third-order valence-electron chi connectivity index (χ3n) is 8.42. The molecule has 3 aliphatic rings. The van der Waals surface area contributed by atoms with Crippen LogP contribution in [0.3, 0.4) is 0 Å². The molecule has 0 aliphatic carbocycles. The first-order chi connectivity index (χ1) is 19.2. The molecule has 40 heavy (non-hydrogen) atoms. The summed E-state index contributed by atoms with van der Waals surface area (Å²) in [5.41, 5.74) is 8.76. The van der Waals surface area contributed by atoms with Crippen LogP contribution in [0.5, 0.6) is 0 Å². The van der Waals surface area contributed by atoms with Gasteiger partial charge in [-0.2, -0.15) is 18.2 Å². The summed E-state index contributed by atoms with van der Waals surface area (Å²) in [5, 5.41) is 2.20. The molecule has 3 aromatic rings. The van der Waals surface area contributed by atoms with E-state index in [9.17, 15) is 13.6 Å². The van der Waals surface area contributed by atoms with Crippen LogP contribution in [-0.4, -0.2) is 53.1 Å². The van der Waals surface area contributed by atoms with Gasteiger partial charge < -0.3 is 15.8 Å². The third-order valence-corrected chi connectivity index (χ3v) is 8.42. The smallest absolute Gasteiger partial charge is 0.290 e. The van der Waals surface area contributed by atoms with Crippen LogP contribution in [0.4, 0.5) is 19.0 Å². The Morgan fingerprint density at radius 1 is 1.07 bits per heavy atom. The van der Waals surface area contributed by atoms with Crippen molar-refractivity contribution in [2.75, 3.05) is 32.0 Å². The second-order valence-electron chi connectivity index (χ2n) is 11.0. The third kappa shape index (κ3) is 4.94. The van der Waals surface area contributed by atoms with Gasteiger partial charge in [-0.25, -0.2) is 4.98 Å². The van der Waals surface area contributed by atoms with Gasteiger partial charge in [0.2, 0.25) is 5.95 Å². The molecule has 0 saturated carbocycles. The van der Waals surface area contributed by atoms with E-state index in [4.69, 9.17) is 10.5 Å². The molecule has 7 nitrogen and oxygen atoms in total. The molecule has 1 aromatic heterocycles. The van der Waals surface area contributed by atoms with Gasteiger partial charge in [0.15, 0.2) is 5.82 Å². The second-order valence-corrected chi connectivity index (χ2v) is 11.0. The van der Waals surface area contributed by atoms with E-state index >= 15 is 4.39 Å². The minimum Gasteiger partial charge on any atom is -0.382 e. The van der Waals surface area contributed by atoms with Crippen molar-refractivity contribution in [1.82, 2.24) is 20.2 Å². The van der Waals surface area contributed by atoms with E-state index in [1.54, 1.807) is 0 Å².